The third kappa shape index (κ3) is 4.13. The fourth-order valence-electron chi connectivity index (χ4n) is 1.80. The highest BCUT2D eigenvalue weighted by atomic mass is 15.3. The average molecular weight is 238 g/mol. The Morgan fingerprint density at radius 2 is 2.12 bits per heavy atom. The molecule has 0 aliphatic carbocycles. The predicted octanol–water partition coefficient (Wildman–Crippen LogP) is 1.63. The summed E-state index contributed by atoms with van der Waals surface area (Å²) in [5.74, 6) is 0.525. The summed E-state index contributed by atoms with van der Waals surface area (Å²) in [6.07, 6.45) is 2.13. The van der Waals surface area contributed by atoms with E-state index >= 15 is 0 Å². The normalized spacial score (nSPS) is 13.6. The number of aromatic nitrogens is 2. The van der Waals surface area contributed by atoms with Crippen LogP contribution in [-0.4, -0.2) is 34.3 Å². The molecule has 2 N–H and O–H groups in total. The second-order valence-electron chi connectivity index (χ2n) is 5.20. The topological polar surface area (TPSA) is 47.1 Å². The molecule has 1 aromatic heterocycles. The molecule has 1 heterocycles. The van der Waals surface area contributed by atoms with Gasteiger partial charge in [-0.15, -0.1) is 0 Å². The van der Waals surface area contributed by atoms with Crippen LogP contribution in [-0.2, 0) is 13.1 Å². The minimum Gasteiger partial charge on any atom is -0.326 e. The third-order valence-corrected chi connectivity index (χ3v) is 3.19. The van der Waals surface area contributed by atoms with Crippen molar-refractivity contribution in [1.29, 1.82) is 0 Å². The fourth-order valence-corrected chi connectivity index (χ4v) is 1.80. The maximum absolute atomic E-state index is 6.08. The van der Waals surface area contributed by atoms with Crippen molar-refractivity contribution >= 4 is 0 Å². The summed E-state index contributed by atoms with van der Waals surface area (Å²) in [5.41, 5.74) is 8.50. The first-order valence-corrected chi connectivity index (χ1v) is 6.41. The van der Waals surface area contributed by atoms with Crippen molar-refractivity contribution in [3.05, 3.63) is 17.5 Å². The lowest BCUT2D eigenvalue weighted by molar-refractivity contribution is 0.276. The van der Waals surface area contributed by atoms with E-state index in [0.717, 1.165) is 25.3 Å². The van der Waals surface area contributed by atoms with Gasteiger partial charge in [-0.2, -0.15) is 5.10 Å². The molecule has 98 valence electrons. The van der Waals surface area contributed by atoms with E-state index in [-0.39, 0.29) is 6.04 Å². The lowest BCUT2D eigenvalue weighted by Crippen LogP contribution is -2.38. The zero-order valence-electron chi connectivity index (χ0n) is 11.8. The van der Waals surface area contributed by atoms with Gasteiger partial charge in [0.2, 0.25) is 0 Å². The molecule has 1 rings (SSSR count). The molecule has 0 saturated heterocycles. The van der Waals surface area contributed by atoms with Gasteiger partial charge in [-0.25, -0.2) is 0 Å². The number of hydrogen-bond donors (Lipinski definition) is 1. The highest BCUT2D eigenvalue weighted by molar-refractivity contribution is 5.15. The summed E-state index contributed by atoms with van der Waals surface area (Å²) >= 11 is 0. The van der Waals surface area contributed by atoms with Gasteiger partial charge in [-0.1, -0.05) is 13.8 Å². The van der Waals surface area contributed by atoms with Crippen molar-refractivity contribution in [3.63, 3.8) is 0 Å². The van der Waals surface area contributed by atoms with Crippen LogP contribution in [0, 0.1) is 12.8 Å². The molecule has 17 heavy (non-hydrogen) atoms. The van der Waals surface area contributed by atoms with Crippen molar-refractivity contribution in [3.8, 4) is 0 Å². The standard InChI is InChI=1S/C13H26N4/c1-6-17-8-12(11(4)15-17)7-16(5)9-13(14)10(2)3/h8,10,13H,6-7,9,14H2,1-5H3. The van der Waals surface area contributed by atoms with E-state index in [4.69, 9.17) is 5.73 Å². The van der Waals surface area contributed by atoms with Crippen molar-refractivity contribution < 1.29 is 0 Å². The second-order valence-corrected chi connectivity index (χ2v) is 5.20. The lowest BCUT2D eigenvalue weighted by atomic mass is 10.1. The van der Waals surface area contributed by atoms with Gasteiger partial charge < -0.3 is 10.6 Å². The molecule has 4 nitrogen and oxygen atoms in total. The first-order chi connectivity index (χ1) is 7.93. The number of hydrogen-bond acceptors (Lipinski definition) is 3. The second kappa shape index (κ2) is 6.17. The van der Waals surface area contributed by atoms with Crippen molar-refractivity contribution in [1.82, 2.24) is 14.7 Å². The van der Waals surface area contributed by atoms with E-state index in [1.54, 1.807) is 0 Å². The highest BCUT2D eigenvalue weighted by Gasteiger charge is 2.12. The Kier molecular flexibility index (Phi) is 5.15. The lowest BCUT2D eigenvalue weighted by Gasteiger charge is -2.23. The molecular formula is C13H26N4. The monoisotopic (exact) mass is 238 g/mol. The highest BCUT2D eigenvalue weighted by Crippen LogP contribution is 2.09. The number of likely N-dealkylation sites (N-methyl/N-ethyl adjacent to an activating group) is 1. The van der Waals surface area contributed by atoms with Crippen LogP contribution in [0.4, 0.5) is 0 Å². The molecule has 4 heteroatoms. The van der Waals surface area contributed by atoms with E-state index in [2.05, 4.69) is 50.9 Å². The van der Waals surface area contributed by atoms with Crippen LogP contribution in [0.15, 0.2) is 6.20 Å². The van der Waals surface area contributed by atoms with Crippen LogP contribution < -0.4 is 5.73 Å². The molecule has 0 fully saturated rings. The quantitative estimate of drug-likeness (QED) is 0.819. The molecule has 0 saturated carbocycles. The first-order valence-electron chi connectivity index (χ1n) is 6.41. The van der Waals surface area contributed by atoms with Crippen molar-refractivity contribution in [2.24, 2.45) is 11.7 Å². The number of rotatable bonds is 6. The summed E-state index contributed by atoms with van der Waals surface area (Å²) in [4.78, 5) is 2.27. The van der Waals surface area contributed by atoms with Gasteiger partial charge in [0.1, 0.15) is 0 Å². The molecule has 1 atom stereocenters. The molecule has 0 spiro atoms. The zero-order chi connectivity index (χ0) is 13.0. The van der Waals surface area contributed by atoms with E-state index in [1.165, 1.54) is 5.56 Å². The summed E-state index contributed by atoms with van der Waals surface area (Å²) in [7, 11) is 2.12. The van der Waals surface area contributed by atoms with E-state index < -0.39 is 0 Å². The molecular weight excluding hydrogens is 212 g/mol. The summed E-state index contributed by atoms with van der Waals surface area (Å²) < 4.78 is 1.99. The van der Waals surface area contributed by atoms with Gasteiger partial charge >= 0.3 is 0 Å². The van der Waals surface area contributed by atoms with E-state index in [1.807, 2.05) is 4.68 Å². The largest absolute Gasteiger partial charge is 0.326 e. The Hall–Kier alpha value is -0.870. The number of aryl methyl sites for hydroxylation is 2. The first kappa shape index (κ1) is 14.2. The molecule has 0 radical (unpaired) electrons. The Bertz CT molecular complexity index is 343. The molecule has 0 aromatic carbocycles. The zero-order valence-corrected chi connectivity index (χ0v) is 11.8. The van der Waals surface area contributed by atoms with Crippen LogP contribution in [0.25, 0.3) is 0 Å². The Morgan fingerprint density at radius 1 is 1.47 bits per heavy atom. The van der Waals surface area contributed by atoms with E-state index in [9.17, 15) is 0 Å². The number of nitrogens with two attached hydrogens (primary N) is 1. The van der Waals surface area contributed by atoms with Gasteiger partial charge in [-0.3, -0.25) is 4.68 Å². The Labute approximate surface area is 105 Å². The maximum atomic E-state index is 6.08. The summed E-state index contributed by atoms with van der Waals surface area (Å²) in [5, 5.41) is 4.46. The van der Waals surface area contributed by atoms with Crippen LogP contribution in [0.2, 0.25) is 0 Å². The predicted molar refractivity (Wildman–Crippen MR) is 71.8 cm³/mol. The summed E-state index contributed by atoms with van der Waals surface area (Å²) in [6, 6.07) is 0.238. The molecule has 1 unspecified atom stereocenters. The third-order valence-electron chi connectivity index (χ3n) is 3.19. The van der Waals surface area contributed by atoms with Crippen LogP contribution >= 0.6 is 0 Å². The minimum absolute atomic E-state index is 0.238. The maximum Gasteiger partial charge on any atom is 0.0638 e. The Balaban J connectivity index is 2.55. The van der Waals surface area contributed by atoms with Gasteiger partial charge in [0, 0.05) is 37.4 Å². The minimum atomic E-state index is 0.238. The van der Waals surface area contributed by atoms with Crippen LogP contribution in [0.5, 0.6) is 0 Å². The number of nitrogens with zero attached hydrogens (tertiary/aromatic N) is 3. The molecule has 1 aromatic rings. The van der Waals surface area contributed by atoms with Crippen molar-refractivity contribution in [2.45, 2.75) is 46.8 Å². The van der Waals surface area contributed by atoms with Gasteiger partial charge in [0.15, 0.2) is 0 Å². The molecule has 0 aliphatic heterocycles. The SMILES string of the molecule is CCn1cc(CN(C)CC(N)C(C)C)c(C)n1. The average Bonchev–Trinajstić information content (AvgIpc) is 2.59. The van der Waals surface area contributed by atoms with Gasteiger partial charge in [0.25, 0.3) is 0 Å². The van der Waals surface area contributed by atoms with Crippen LogP contribution in [0.1, 0.15) is 32.0 Å². The summed E-state index contributed by atoms with van der Waals surface area (Å²) in [6.45, 7) is 11.3. The van der Waals surface area contributed by atoms with Gasteiger partial charge in [-0.05, 0) is 26.8 Å². The van der Waals surface area contributed by atoms with Gasteiger partial charge in [0.05, 0.1) is 5.69 Å². The smallest absolute Gasteiger partial charge is 0.0638 e. The van der Waals surface area contributed by atoms with Crippen molar-refractivity contribution in [2.75, 3.05) is 13.6 Å². The van der Waals surface area contributed by atoms with Crippen LogP contribution in [0.3, 0.4) is 0 Å². The molecule has 0 aliphatic rings. The molecule has 0 bridgehead atoms. The Morgan fingerprint density at radius 3 is 2.59 bits per heavy atom. The van der Waals surface area contributed by atoms with E-state index in [0.29, 0.717) is 5.92 Å². The fraction of sp³-hybridized carbons (Fsp3) is 0.769. The molecule has 0 amide bonds.